The van der Waals surface area contributed by atoms with Crippen molar-refractivity contribution in [3.05, 3.63) is 90.7 Å². The van der Waals surface area contributed by atoms with Crippen molar-refractivity contribution in [3.63, 3.8) is 0 Å². The molecule has 2 aromatic heterocycles. The van der Waals surface area contributed by atoms with E-state index in [1.807, 2.05) is 0 Å². The molecule has 14 heteroatoms. The average molecular weight is 655 g/mol. The number of fused-ring (bicyclic) bond motifs is 2. The van der Waals surface area contributed by atoms with Crippen LogP contribution >= 0.6 is 23.2 Å². The van der Waals surface area contributed by atoms with Crippen LogP contribution in [0.3, 0.4) is 0 Å². The van der Waals surface area contributed by atoms with Crippen molar-refractivity contribution < 1.29 is 27.4 Å². The van der Waals surface area contributed by atoms with Crippen molar-refractivity contribution in [2.75, 3.05) is 6.61 Å². The molecule has 8 nitrogen and oxygen atoms in total. The summed E-state index contributed by atoms with van der Waals surface area (Å²) in [6, 6.07) is 3.32. The molecule has 0 unspecified atom stereocenters. The standard InChI is InChI=1S/C17H17ClF2N2O2.C13H11ClF2N2O2/c1-10(2)9-24-14-7-11(12(19)8-13(14)20)15-16(18)21-5-3-4-6-22(21)17(15)23;14-12-11(7-5-10(19)9(16)6-8(7)15)13(20)18-4-2-1-3-17(12)18/h7-8H,1,3-6,9H2,2H3;5-6,19H,1-4H2. The van der Waals surface area contributed by atoms with E-state index < -0.39 is 34.6 Å². The Morgan fingerprint density at radius 1 is 0.750 bits per heavy atom. The first-order chi connectivity index (χ1) is 20.9. The number of benzene rings is 2. The largest absolute Gasteiger partial charge is 0.505 e. The molecular weight excluding hydrogens is 627 g/mol. The molecule has 0 saturated carbocycles. The van der Waals surface area contributed by atoms with Crippen LogP contribution < -0.4 is 15.9 Å². The number of phenols is 1. The summed E-state index contributed by atoms with van der Waals surface area (Å²) in [7, 11) is 0. The van der Waals surface area contributed by atoms with Crippen LogP contribution in [0.1, 0.15) is 32.6 Å². The maximum absolute atomic E-state index is 14.3. The lowest BCUT2D eigenvalue weighted by Gasteiger charge is -2.17. The van der Waals surface area contributed by atoms with E-state index in [-0.39, 0.29) is 50.5 Å². The van der Waals surface area contributed by atoms with Crippen molar-refractivity contribution in [2.24, 2.45) is 0 Å². The van der Waals surface area contributed by atoms with E-state index >= 15 is 0 Å². The van der Waals surface area contributed by atoms with Crippen LogP contribution in [0, 0.1) is 23.3 Å². The number of hydrogen-bond donors (Lipinski definition) is 1. The van der Waals surface area contributed by atoms with Gasteiger partial charge < -0.3 is 9.84 Å². The molecule has 4 aromatic rings. The highest BCUT2D eigenvalue weighted by molar-refractivity contribution is 6.32. The van der Waals surface area contributed by atoms with Gasteiger partial charge in [-0.25, -0.2) is 26.9 Å². The summed E-state index contributed by atoms with van der Waals surface area (Å²) < 4.78 is 66.6. The Hall–Kier alpha value is -3.90. The van der Waals surface area contributed by atoms with E-state index in [9.17, 15) is 32.3 Å². The summed E-state index contributed by atoms with van der Waals surface area (Å²) in [5.74, 6) is -4.55. The van der Waals surface area contributed by atoms with Gasteiger partial charge in [-0.1, -0.05) is 29.8 Å². The van der Waals surface area contributed by atoms with Gasteiger partial charge in [0, 0.05) is 49.4 Å². The number of rotatable bonds is 5. The molecule has 0 spiro atoms. The zero-order chi connectivity index (χ0) is 31.9. The van der Waals surface area contributed by atoms with Crippen molar-refractivity contribution >= 4 is 23.2 Å². The third-order valence-electron chi connectivity index (χ3n) is 7.40. The maximum Gasteiger partial charge on any atom is 0.276 e. The summed E-state index contributed by atoms with van der Waals surface area (Å²) in [4.78, 5) is 24.9. The fourth-order valence-corrected chi connectivity index (χ4v) is 5.98. The van der Waals surface area contributed by atoms with Gasteiger partial charge in [0.1, 0.15) is 28.5 Å². The summed E-state index contributed by atoms with van der Waals surface area (Å²) in [6.45, 7) is 7.70. The summed E-state index contributed by atoms with van der Waals surface area (Å²) >= 11 is 12.4. The Morgan fingerprint density at radius 2 is 1.18 bits per heavy atom. The number of phenolic OH excluding ortho intramolecular Hbond substituents is 1. The molecule has 0 fully saturated rings. The van der Waals surface area contributed by atoms with E-state index in [0.29, 0.717) is 43.9 Å². The minimum atomic E-state index is -1.08. The summed E-state index contributed by atoms with van der Waals surface area (Å²) in [6.07, 6.45) is 3.48. The third-order valence-corrected chi connectivity index (χ3v) is 8.16. The molecule has 6 rings (SSSR count). The molecule has 2 aliphatic heterocycles. The second-order valence-electron chi connectivity index (χ2n) is 10.6. The van der Waals surface area contributed by atoms with Gasteiger partial charge in [-0.2, -0.15) is 0 Å². The molecule has 234 valence electrons. The number of hydrogen-bond acceptors (Lipinski definition) is 4. The molecule has 0 bridgehead atoms. The number of halogens is 6. The second kappa shape index (κ2) is 12.6. The monoisotopic (exact) mass is 654 g/mol. The van der Waals surface area contributed by atoms with Crippen LogP contribution in [0.15, 0.2) is 46.0 Å². The van der Waals surface area contributed by atoms with Crippen molar-refractivity contribution in [2.45, 2.75) is 58.8 Å². The second-order valence-corrected chi connectivity index (χ2v) is 11.4. The van der Waals surface area contributed by atoms with E-state index in [2.05, 4.69) is 6.58 Å². The Kier molecular flexibility index (Phi) is 9.03. The van der Waals surface area contributed by atoms with E-state index in [4.69, 9.17) is 27.9 Å². The number of nitrogens with zero attached hydrogens (tertiary/aromatic N) is 4. The Morgan fingerprint density at radius 3 is 1.64 bits per heavy atom. The molecule has 0 atom stereocenters. The molecule has 1 N–H and O–H groups in total. The minimum absolute atomic E-state index is 0.0382. The van der Waals surface area contributed by atoms with Gasteiger partial charge in [0.05, 0.1) is 11.1 Å². The van der Waals surface area contributed by atoms with Gasteiger partial charge in [0.2, 0.25) is 0 Å². The zero-order valence-electron chi connectivity index (χ0n) is 23.6. The lowest BCUT2D eigenvalue weighted by Crippen LogP contribution is -2.27. The number of ether oxygens (including phenoxy) is 1. The number of aromatic nitrogens is 4. The Labute approximate surface area is 258 Å². The fourth-order valence-electron chi connectivity index (χ4n) is 5.27. The van der Waals surface area contributed by atoms with Crippen LogP contribution in [-0.4, -0.2) is 30.4 Å². The molecule has 0 amide bonds. The van der Waals surface area contributed by atoms with E-state index in [0.717, 1.165) is 31.7 Å². The quantitative estimate of drug-likeness (QED) is 0.191. The average Bonchev–Trinajstić information content (AvgIpc) is 3.39. The highest BCUT2D eigenvalue weighted by Crippen LogP contribution is 2.34. The molecule has 44 heavy (non-hydrogen) atoms. The van der Waals surface area contributed by atoms with Crippen LogP contribution in [0.25, 0.3) is 22.3 Å². The van der Waals surface area contributed by atoms with Crippen molar-refractivity contribution in [1.29, 1.82) is 0 Å². The zero-order valence-corrected chi connectivity index (χ0v) is 25.1. The first-order valence-electron chi connectivity index (χ1n) is 13.8. The Balaban J connectivity index is 0.000000177. The lowest BCUT2D eigenvalue weighted by atomic mass is 10.1. The Bertz CT molecular complexity index is 1890. The molecule has 4 heterocycles. The summed E-state index contributed by atoms with van der Waals surface area (Å²) in [5.41, 5.74) is -0.364. The smallest absolute Gasteiger partial charge is 0.276 e. The normalized spacial score (nSPS) is 14.0. The fraction of sp³-hybridized carbons (Fsp3) is 0.333. The van der Waals surface area contributed by atoms with Crippen LogP contribution in [0.5, 0.6) is 11.5 Å². The minimum Gasteiger partial charge on any atom is -0.505 e. The van der Waals surface area contributed by atoms with Gasteiger partial charge >= 0.3 is 0 Å². The van der Waals surface area contributed by atoms with Gasteiger partial charge in [-0.15, -0.1) is 0 Å². The van der Waals surface area contributed by atoms with Crippen molar-refractivity contribution in [1.82, 2.24) is 18.7 Å². The molecule has 0 aliphatic carbocycles. The third kappa shape index (κ3) is 5.80. The van der Waals surface area contributed by atoms with Gasteiger partial charge in [-0.05, 0) is 50.3 Å². The lowest BCUT2D eigenvalue weighted by molar-refractivity contribution is 0.331. The maximum atomic E-state index is 14.3. The predicted molar refractivity (Wildman–Crippen MR) is 159 cm³/mol. The summed E-state index contributed by atoms with van der Waals surface area (Å²) in [5, 5.41) is 9.64. The molecule has 2 aliphatic rings. The van der Waals surface area contributed by atoms with Gasteiger partial charge in [0.15, 0.2) is 23.1 Å². The first kappa shape index (κ1) is 31.5. The SMILES string of the molecule is C=C(C)COc1cc(-c2c(Cl)n3n(c2=O)CCCC3)c(F)cc1F.O=c1c(-c2cc(O)c(F)cc2F)c(Cl)n2n1CCCC2. The van der Waals surface area contributed by atoms with Crippen LogP contribution in [-0.2, 0) is 26.2 Å². The number of aromatic hydroxyl groups is 1. The van der Waals surface area contributed by atoms with Crippen molar-refractivity contribution in [3.8, 4) is 33.8 Å². The molecular formula is C30H28Cl2F4N4O4. The molecule has 2 aromatic carbocycles. The van der Waals surface area contributed by atoms with Crippen LogP contribution in [0.4, 0.5) is 17.6 Å². The predicted octanol–water partition coefficient (Wildman–Crippen LogP) is 6.74. The van der Waals surface area contributed by atoms with E-state index in [1.165, 1.54) is 15.4 Å². The highest BCUT2D eigenvalue weighted by Gasteiger charge is 2.26. The molecule has 0 radical (unpaired) electrons. The van der Waals surface area contributed by atoms with Gasteiger partial charge in [0.25, 0.3) is 11.1 Å². The van der Waals surface area contributed by atoms with E-state index in [1.54, 1.807) is 16.3 Å². The van der Waals surface area contributed by atoms with Gasteiger partial charge in [-0.3, -0.25) is 19.0 Å². The highest BCUT2D eigenvalue weighted by atomic mass is 35.5. The first-order valence-corrected chi connectivity index (χ1v) is 14.6. The van der Waals surface area contributed by atoms with Crippen LogP contribution in [0.2, 0.25) is 10.3 Å². The topological polar surface area (TPSA) is 83.3 Å². The molecule has 0 saturated heterocycles.